The minimum absolute atomic E-state index is 0.236. The molecule has 5 radical (unpaired) electrons. The number of nitrogens with zero attached hydrogens (tertiary/aromatic N) is 4. The summed E-state index contributed by atoms with van der Waals surface area (Å²) in [5.41, 5.74) is 2.22. The van der Waals surface area contributed by atoms with Gasteiger partial charge in [-0.15, -0.1) is 0 Å². The van der Waals surface area contributed by atoms with Crippen molar-refractivity contribution in [3.63, 3.8) is 0 Å². The van der Waals surface area contributed by atoms with Crippen LogP contribution in [0.3, 0.4) is 0 Å². The van der Waals surface area contributed by atoms with Gasteiger partial charge in [0.05, 0.1) is 32.6 Å². The number of hydrogen-bond acceptors (Lipinski definition) is 6. The van der Waals surface area contributed by atoms with E-state index in [1.165, 1.54) is 41.9 Å². The van der Waals surface area contributed by atoms with E-state index in [1.54, 1.807) is 7.17 Å². The second-order valence-electron chi connectivity index (χ2n) is 8.32. The molecule has 0 saturated carbocycles. The summed E-state index contributed by atoms with van der Waals surface area (Å²) in [5, 5.41) is 2.40. The summed E-state index contributed by atoms with van der Waals surface area (Å²) in [4.78, 5) is 19.7. The number of hydrogen-bond donors (Lipinski definition) is 0. The van der Waals surface area contributed by atoms with Crippen LogP contribution in [0.15, 0.2) is 56.4 Å². The van der Waals surface area contributed by atoms with Crippen LogP contribution in [0.5, 0.6) is 0 Å². The lowest BCUT2D eigenvalue weighted by Gasteiger charge is -2.09. The molecule has 12 heteroatoms. The Morgan fingerprint density at radius 1 is 0.778 bits per heavy atom. The van der Waals surface area contributed by atoms with Crippen LogP contribution < -0.4 is 31.0 Å². The molecule has 0 aliphatic carbocycles. The first-order valence-corrected chi connectivity index (χ1v) is 13.0. The molecule has 0 fully saturated rings. The molecule has 0 atom stereocenters. The fraction of sp³-hybridized carbons (Fsp3) is 0.167. The molecule has 6 rings (SSSR count). The first kappa shape index (κ1) is 23.6. The van der Waals surface area contributed by atoms with Gasteiger partial charge in [-0.1, -0.05) is 19.0 Å². The molecule has 2 aromatic carbocycles. The van der Waals surface area contributed by atoms with Gasteiger partial charge in [-0.05, 0) is 44.9 Å². The monoisotopic (exact) mass is 505 g/mol. The Balaban J connectivity index is 1.45. The highest BCUT2D eigenvalue weighted by atomic mass is 32.1. The number of halogens is 2. The average Bonchev–Trinajstić information content (AvgIpc) is 3.66. The summed E-state index contributed by atoms with van der Waals surface area (Å²) in [6, 6.07) is 10.6. The Hall–Kier alpha value is -2.84. The smallest absolute Gasteiger partial charge is 0.162 e. The van der Waals surface area contributed by atoms with E-state index in [4.69, 9.17) is 7.74 Å². The van der Waals surface area contributed by atoms with Gasteiger partial charge in [0.15, 0.2) is 7.28 Å². The fourth-order valence-corrected chi connectivity index (χ4v) is 6.54. The SMILES string of the molecule is [B][B][B]c1ccc(-c2c(F)cc(Cc3cc(F)c(-c4ccc([B]C)s4)c4c3=NCN=4)c3c2=NCN=3)s1. The summed E-state index contributed by atoms with van der Waals surface area (Å²) in [6.07, 6.45) is 0.279. The minimum Gasteiger partial charge on any atom is -0.259 e. The van der Waals surface area contributed by atoms with E-state index in [2.05, 4.69) is 20.0 Å². The maximum Gasteiger partial charge on any atom is 0.162 e. The van der Waals surface area contributed by atoms with Crippen molar-refractivity contribution in [1.82, 2.24) is 0 Å². The van der Waals surface area contributed by atoms with Gasteiger partial charge in [0.25, 0.3) is 0 Å². The van der Waals surface area contributed by atoms with E-state index >= 15 is 8.78 Å². The number of benzene rings is 2. The van der Waals surface area contributed by atoms with Crippen LogP contribution >= 0.6 is 22.7 Å². The Morgan fingerprint density at radius 3 is 1.78 bits per heavy atom. The molecular formula is C24H15B4F2N4S2. The van der Waals surface area contributed by atoms with Crippen molar-refractivity contribution in [2.24, 2.45) is 20.0 Å². The molecule has 2 aliphatic heterocycles. The van der Waals surface area contributed by atoms with Crippen molar-refractivity contribution in [3.8, 4) is 20.9 Å². The predicted molar refractivity (Wildman–Crippen MR) is 145 cm³/mol. The second-order valence-corrected chi connectivity index (χ2v) is 10.6. The van der Waals surface area contributed by atoms with Crippen LogP contribution in [0.25, 0.3) is 20.9 Å². The highest BCUT2D eigenvalue weighted by molar-refractivity contribution is 7.37. The molecule has 0 spiro atoms. The highest BCUT2D eigenvalue weighted by Gasteiger charge is 2.21. The first-order valence-electron chi connectivity index (χ1n) is 11.4. The molecule has 0 unspecified atom stereocenters. The molecule has 0 bridgehead atoms. The van der Waals surface area contributed by atoms with Crippen molar-refractivity contribution in [2.75, 3.05) is 13.3 Å². The Labute approximate surface area is 217 Å². The second kappa shape index (κ2) is 9.56. The number of thiophene rings is 2. The molecule has 2 aromatic heterocycles. The molecule has 4 nitrogen and oxygen atoms in total. The Kier molecular flexibility index (Phi) is 6.25. The normalized spacial score (nSPS) is 13.2. The standard InChI is InChI=1S/C24H15B4F2N4S2/c1-26-17-4-2-15(35-17)19-13(29)7-11(21-23(19)33-9-31-21)6-12-8-14(30)20(24-22(12)32-10-34-24)16-3-5-18(36-16)27-28-25/h2-5,7-8H,6,9-10H2,1H3. The van der Waals surface area contributed by atoms with Crippen molar-refractivity contribution < 1.29 is 8.78 Å². The molecule has 0 saturated heterocycles. The topological polar surface area (TPSA) is 49.4 Å². The minimum atomic E-state index is -0.382. The number of fused-ring (bicyclic) bond motifs is 2. The third kappa shape index (κ3) is 4.00. The maximum atomic E-state index is 15.5. The first-order chi connectivity index (χ1) is 17.6. The third-order valence-electron chi connectivity index (χ3n) is 6.20. The predicted octanol–water partition coefficient (Wildman–Crippen LogP) is 0.843. The summed E-state index contributed by atoms with van der Waals surface area (Å²) in [6.45, 7) is 2.44. The fourth-order valence-electron chi connectivity index (χ4n) is 4.63. The molecule has 0 amide bonds. The lowest BCUT2D eigenvalue weighted by Crippen LogP contribution is -2.33. The van der Waals surface area contributed by atoms with Crippen LogP contribution in [0.1, 0.15) is 11.1 Å². The quantitative estimate of drug-likeness (QED) is 0.335. The molecule has 0 N–H and O–H groups in total. The molecule has 2 aliphatic rings. The van der Waals surface area contributed by atoms with Crippen LogP contribution in [-0.2, 0) is 6.42 Å². The van der Waals surface area contributed by atoms with Crippen LogP contribution in [0.2, 0.25) is 6.82 Å². The van der Waals surface area contributed by atoms with E-state index in [1.807, 2.05) is 38.4 Å². The van der Waals surface area contributed by atoms with E-state index in [9.17, 15) is 0 Å². The third-order valence-corrected chi connectivity index (χ3v) is 8.43. The van der Waals surface area contributed by atoms with Gasteiger partial charge in [0.1, 0.15) is 32.1 Å². The van der Waals surface area contributed by atoms with Crippen molar-refractivity contribution in [2.45, 2.75) is 13.2 Å². The largest absolute Gasteiger partial charge is 0.259 e. The van der Waals surface area contributed by atoms with Crippen molar-refractivity contribution in [1.29, 1.82) is 0 Å². The summed E-state index contributed by atoms with van der Waals surface area (Å²) >= 11 is 2.95. The van der Waals surface area contributed by atoms with Gasteiger partial charge in [-0.3, -0.25) is 20.0 Å². The van der Waals surface area contributed by atoms with Gasteiger partial charge in [0, 0.05) is 31.0 Å². The zero-order chi connectivity index (χ0) is 24.8. The van der Waals surface area contributed by atoms with E-state index < -0.39 is 0 Å². The maximum absolute atomic E-state index is 15.5. The van der Waals surface area contributed by atoms with Crippen molar-refractivity contribution in [3.05, 3.63) is 80.6 Å². The van der Waals surface area contributed by atoms with Crippen LogP contribution in [-0.4, -0.2) is 42.6 Å². The molecule has 4 heterocycles. The Morgan fingerprint density at radius 2 is 1.28 bits per heavy atom. The summed E-state index contributed by atoms with van der Waals surface area (Å²) in [7, 11) is 10.7. The zero-order valence-corrected chi connectivity index (χ0v) is 20.9. The van der Waals surface area contributed by atoms with E-state index in [-0.39, 0.29) is 31.4 Å². The summed E-state index contributed by atoms with van der Waals surface area (Å²) in [5.74, 6) is -0.740. The molecule has 169 valence electrons. The molecular weight excluding hydrogens is 490 g/mol. The van der Waals surface area contributed by atoms with E-state index in [0.29, 0.717) is 43.7 Å². The lowest BCUT2D eigenvalue weighted by molar-refractivity contribution is 0.625. The lowest BCUT2D eigenvalue weighted by atomic mass is 9.28. The highest BCUT2D eigenvalue weighted by Crippen LogP contribution is 2.25. The van der Waals surface area contributed by atoms with Gasteiger partial charge >= 0.3 is 0 Å². The summed E-state index contributed by atoms with van der Waals surface area (Å²) < 4.78 is 33.0. The van der Waals surface area contributed by atoms with Gasteiger partial charge in [-0.2, -0.15) is 22.7 Å². The number of rotatable bonds is 7. The van der Waals surface area contributed by atoms with Gasteiger partial charge < -0.3 is 0 Å². The van der Waals surface area contributed by atoms with E-state index in [0.717, 1.165) is 19.3 Å². The zero-order valence-electron chi connectivity index (χ0n) is 19.3. The molecule has 36 heavy (non-hydrogen) atoms. The van der Waals surface area contributed by atoms with Gasteiger partial charge in [0.2, 0.25) is 0 Å². The van der Waals surface area contributed by atoms with Crippen LogP contribution in [0.4, 0.5) is 8.78 Å². The molecule has 4 aromatic rings. The van der Waals surface area contributed by atoms with Gasteiger partial charge in [-0.25, -0.2) is 8.78 Å². The van der Waals surface area contributed by atoms with Crippen molar-refractivity contribution >= 4 is 61.5 Å². The van der Waals surface area contributed by atoms with Crippen LogP contribution in [0, 0.1) is 11.6 Å². The average molecular weight is 505 g/mol. The Bertz CT molecular complexity index is 1770.